The summed E-state index contributed by atoms with van der Waals surface area (Å²) in [5.74, 6) is 0.948. The van der Waals surface area contributed by atoms with Crippen LogP contribution in [0.3, 0.4) is 0 Å². The summed E-state index contributed by atoms with van der Waals surface area (Å²) < 4.78 is 5.53. The Balaban J connectivity index is 1.89. The molecule has 1 atom stereocenters. The zero-order chi connectivity index (χ0) is 18.3. The Labute approximate surface area is 157 Å². The number of allylic oxidation sites excluding steroid dienone is 1. The molecule has 2 nitrogen and oxygen atoms in total. The first-order chi connectivity index (χ1) is 12.5. The topological polar surface area (TPSA) is 12.5 Å². The summed E-state index contributed by atoms with van der Waals surface area (Å²) in [6, 6.07) is 15.7. The van der Waals surface area contributed by atoms with Gasteiger partial charge in [0.15, 0.2) is 0 Å². The van der Waals surface area contributed by atoms with Crippen molar-refractivity contribution in [2.24, 2.45) is 0 Å². The highest BCUT2D eigenvalue weighted by atomic mass is 16.5. The minimum Gasteiger partial charge on any atom is -0.497 e. The Morgan fingerprint density at radius 3 is 2.54 bits per heavy atom. The van der Waals surface area contributed by atoms with E-state index in [-0.39, 0.29) is 5.41 Å². The van der Waals surface area contributed by atoms with Gasteiger partial charge in [0.05, 0.1) is 7.11 Å². The van der Waals surface area contributed by atoms with Gasteiger partial charge in [-0.25, -0.2) is 0 Å². The number of aryl methyl sites for hydroxylation is 1. The van der Waals surface area contributed by atoms with E-state index < -0.39 is 0 Å². The van der Waals surface area contributed by atoms with Crippen LogP contribution in [0.4, 0.5) is 0 Å². The van der Waals surface area contributed by atoms with Crippen LogP contribution in [0.15, 0.2) is 48.0 Å². The zero-order valence-corrected chi connectivity index (χ0v) is 16.4. The minimum atomic E-state index is 0.0237. The lowest BCUT2D eigenvalue weighted by Gasteiger charge is -2.33. The summed E-state index contributed by atoms with van der Waals surface area (Å²) in [7, 11) is 3.99. The van der Waals surface area contributed by atoms with Gasteiger partial charge in [-0.3, -0.25) is 0 Å². The molecule has 0 bridgehead atoms. The molecule has 2 aromatic carbocycles. The van der Waals surface area contributed by atoms with E-state index >= 15 is 0 Å². The highest BCUT2D eigenvalue weighted by Gasteiger charge is 2.41. The SMILES string of the molecule is COc1cccc(C2(C)Cc3ccc(C)cc3C2=C2CCN(C)CC2)c1. The van der Waals surface area contributed by atoms with Crippen molar-refractivity contribution in [1.82, 2.24) is 4.90 Å². The number of methoxy groups -OCH3 is 1. The fourth-order valence-corrected chi connectivity index (χ4v) is 4.78. The second-order valence-electron chi connectivity index (χ2n) is 8.18. The number of hydrogen-bond donors (Lipinski definition) is 0. The molecule has 0 N–H and O–H groups in total. The molecule has 2 heteroatoms. The first-order valence-corrected chi connectivity index (χ1v) is 9.67. The molecular weight excluding hydrogens is 318 g/mol. The first kappa shape index (κ1) is 17.4. The van der Waals surface area contributed by atoms with Crippen LogP contribution in [-0.4, -0.2) is 32.1 Å². The van der Waals surface area contributed by atoms with Gasteiger partial charge in [-0.2, -0.15) is 0 Å². The molecule has 0 aromatic heterocycles. The molecule has 2 aromatic rings. The molecule has 1 fully saturated rings. The number of piperidine rings is 1. The molecule has 26 heavy (non-hydrogen) atoms. The highest BCUT2D eigenvalue weighted by Crippen LogP contribution is 2.51. The lowest BCUT2D eigenvalue weighted by atomic mass is 9.73. The Morgan fingerprint density at radius 1 is 1.04 bits per heavy atom. The van der Waals surface area contributed by atoms with Crippen LogP contribution < -0.4 is 4.74 Å². The van der Waals surface area contributed by atoms with E-state index in [2.05, 4.69) is 62.2 Å². The largest absolute Gasteiger partial charge is 0.497 e. The summed E-state index contributed by atoms with van der Waals surface area (Å²) in [5, 5.41) is 0. The van der Waals surface area contributed by atoms with E-state index in [4.69, 9.17) is 4.74 Å². The van der Waals surface area contributed by atoms with Gasteiger partial charge >= 0.3 is 0 Å². The van der Waals surface area contributed by atoms with Crippen LogP contribution in [0.25, 0.3) is 5.57 Å². The number of likely N-dealkylation sites (tertiary alicyclic amines) is 1. The molecule has 2 aliphatic rings. The molecular formula is C24H29NO. The van der Waals surface area contributed by atoms with Crippen LogP contribution in [0.5, 0.6) is 5.75 Å². The third kappa shape index (κ3) is 2.87. The van der Waals surface area contributed by atoms with Crippen molar-refractivity contribution in [2.45, 2.75) is 38.5 Å². The number of fused-ring (bicyclic) bond motifs is 1. The molecule has 0 amide bonds. The summed E-state index contributed by atoms with van der Waals surface area (Å²) in [6.45, 7) is 6.96. The fourth-order valence-electron chi connectivity index (χ4n) is 4.78. The Morgan fingerprint density at radius 2 is 1.81 bits per heavy atom. The molecule has 1 saturated heterocycles. The van der Waals surface area contributed by atoms with Crippen LogP contribution in [0.1, 0.15) is 42.0 Å². The lowest BCUT2D eigenvalue weighted by molar-refractivity contribution is 0.312. The zero-order valence-electron chi connectivity index (χ0n) is 16.4. The number of hydrogen-bond acceptors (Lipinski definition) is 2. The maximum atomic E-state index is 5.53. The number of benzene rings is 2. The number of ether oxygens (including phenoxy) is 1. The number of nitrogens with zero attached hydrogens (tertiary/aromatic N) is 1. The lowest BCUT2D eigenvalue weighted by Crippen LogP contribution is -2.29. The maximum Gasteiger partial charge on any atom is 0.119 e. The molecule has 1 heterocycles. The van der Waals surface area contributed by atoms with E-state index in [1.807, 2.05) is 6.07 Å². The van der Waals surface area contributed by atoms with Crippen molar-refractivity contribution in [3.63, 3.8) is 0 Å². The van der Waals surface area contributed by atoms with Crippen molar-refractivity contribution < 1.29 is 4.74 Å². The van der Waals surface area contributed by atoms with E-state index in [0.717, 1.165) is 25.3 Å². The molecule has 136 valence electrons. The van der Waals surface area contributed by atoms with Crippen molar-refractivity contribution in [2.75, 3.05) is 27.2 Å². The third-order valence-corrected chi connectivity index (χ3v) is 6.28. The third-order valence-electron chi connectivity index (χ3n) is 6.28. The van der Waals surface area contributed by atoms with E-state index in [1.54, 1.807) is 18.3 Å². The Kier molecular flexibility index (Phi) is 4.40. The average molecular weight is 348 g/mol. The van der Waals surface area contributed by atoms with Crippen molar-refractivity contribution >= 4 is 5.57 Å². The van der Waals surface area contributed by atoms with E-state index in [0.29, 0.717) is 0 Å². The Hall–Kier alpha value is -2.06. The van der Waals surface area contributed by atoms with Crippen molar-refractivity contribution in [3.05, 3.63) is 70.3 Å². The fraction of sp³-hybridized carbons (Fsp3) is 0.417. The van der Waals surface area contributed by atoms with E-state index in [1.165, 1.54) is 35.1 Å². The van der Waals surface area contributed by atoms with Gasteiger partial charge in [-0.15, -0.1) is 0 Å². The van der Waals surface area contributed by atoms with Crippen molar-refractivity contribution in [3.8, 4) is 5.75 Å². The molecule has 1 aliphatic carbocycles. The van der Waals surface area contributed by atoms with Gasteiger partial charge in [-0.05, 0) is 67.6 Å². The summed E-state index contributed by atoms with van der Waals surface area (Å²) in [4.78, 5) is 2.44. The van der Waals surface area contributed by atoms with Gasteiger partial charge in [-0.1, -0.05) is 48.4 Å². The van der Waals surface area contributed by atoms with Gasteiger partial charge in [0.1, 0.15) is 5.75 Å². The van der Waals surface area contributed by atoms with Crippen LogP contribution >= 0.6 is 0 Å². The number of rotatable bonds is 2. The maximum absolute atomic E-state index is 5.53. The van der Waals surface area contributed by atoms with Gasteiger partial charge in [0.2, 0.25) is 0 Å². The van der Waals surface area contributed by atoms with Crippen LogP contribution in [-0.2, 0) is 11.8 Å². The predicted molar refractivity (Wildman–Crippen MR) is 109 cm³/mol. The van der Waals surface area contributed by atoms with E-state index in [9.17, 15) is 0 Å². The van der Waals surface area contributed by atoms with Gasteiger partial charge in [0, 0.05) is 18.5 Å². The summed E-state index contributed by atoms with van der Waals surface area (Å²) >= 11 is 0. The molecule has 1 unspecified atom stereocenters. The molecule has 0 spiro atoms. The first-order valence-electron chi connectivity index (χ1n) is 9.67. The normalized spacial score (nSPS) is 23.2. The summed E-state index contributed by atoms with van der Waals surface area (Å²) in [5.41, 5.74) is 8.94. The second-order valence-corrected chi connectivity index (χ2v) is 8.18. The smallest absolute Gasteiger partial charge is 0.119 e. The second kappa shape index (κ2) is 6.59. The highest BCUT2D eigenvalue weighted by molar-refractivity contribution is 5.84. The van der Waals surface area contributed by atoms with Crippen molar-refractivity contribution in [1.29, 1.82) is 0 Å². The van der Waals surface area contributed by atoms with Crippen LogP contribution in [0.2, 0.25) is 0 Å². The predicted octanol–water partition coefficient (Wildman–Crippen LogP) is 5.00. The monoisotopic (exact) mass is 347 g/mol. The standard InChI is InChI=1S/C24H29NO/c1-17-8-9-19-16-24(2,20-6-5-7-21(15-20)26-4)23(22(19)14-17)18-10-12-25(3)13-11-18/h5-9,14-15H,10-13,16H2,1-4H3. The summed E-state index contributed by atoms with van der Waals surface area (Å²) in [6.07, 6.45) is 3.43. The molecule has 1 aliphatic heterocycles. The molecule has 0 radical (unpaired) electrons. The quantitative estimate of drug-likeness (QED) is 0.758. The average Bonchev–Trinajstić information content (AvgIpc) is 2.95. The molecule has 4 rings (SSSR count). The minimum absolute atomic E-state index is 0.0237. The molecule has 0 saturated carbocycles. The van der Waals surface area contributed by atoms with Gasteiger partial charge in [0.25, 0.3) is 0 Å². The Bertz CT molecular complexity index is 856. The van der Waals surface area contributed by atoms with Crippen LogP contribution in [0, 0.1) is 6.92 Å². The van der Waals surface area contributed by atoms with Gasteiger partial charge < -0.3 is 9.64 Å².